The second-order valence-electron chi connectivity index (χ2n) is 7.78. The van der Waals surface area contributed by atoms with Gasteiger partial charge in [0, 0.05) is 17.5 Å². The van der Waals surface area contributed by atoms with E-state index < -0.39 is 38.1 Å². The van der Waals surface area contributed by atoms with Gasteiger partial charge in [-0.1, -0.05) is 17.7 Å². The molecular weight excluding hydrogens is 440 g/mol. The summed E-state index contributed by atoms with van der Waals surface area (Å²) in [4.78, 5) is 0. The summed E-state index contributed by atoms with van der Waals surface area (Å²) in [5.74, 6) is 1.95. The van der Waals surface area contributed by atoms with E-state index in [0.717, 1.165) is 16.7 Å². The summed E-state index contributed by atoms with van der Waals surface area (Å²) in [5.41, 5.74) is 3.22. The van der Waals surface area contributed by atoms with Gasteiger partial charge in [0.15, 0.2) is 11.5 Å². The van der Waals surface area contributed by atoms with Crippen molar-refractivity contribution < 1.29 is 39.4 Å². The average Bonchev–Trinajstić information content (AvgIpc) is 3.32. The Bertz CT molecular complexity index is 950. The van der Waals surface area contributed by atoms with Gasteiger partial charge in [-0.3, -0.25) is 0 Å². The molecule has 4 N–H and O–H groups in total. The van der Waals surface area contributed by atoms with Crippen LogP contribution in [0, 0.1) is 0 Å². The lowest BCUT2D eigenvalue weighted by molar-refractivity contribution is -0.122. The highest BCUT2D eigenvalue weighted by molar-refractivity contribution is 6.32. The Morgan fingerprint density at radius 2 is 1.72 bits per heavy atom. The molecule has 9 heteroatoms. The quantitative estimate of drug-likeness (QED) is 0.438. The molecule has 2 aliphatic heterocycles. The fourth-order valence-corrected chi connectivity index (χ4v) is 4.32. The highest BCUT2D eigenvalue weighted by atomic mass is 35.5. The molecular formula is C23H27ClO8. The van der Waals surface area contributed by atoms with Gasteiger partial charge >= 0.3 is 0 Å². The van der Waals surface area contributed by atoms with Gasteiger partial charge in [-0.2, -0.15) is 0 Å². The summed E-state index contributed by atoms with van der Waals surface area (Å²) in [5, 5.41) is 39.3. The SMILES string of the molecule is OCC(OC(CO)C(O)CO)c1cc(Cc2ccc3c(c2)OCCO3)c(Cl)c2c1OCC2. The monoisotopic (exact) mass is 466 g/mol. The van der Waals surface area contributed by atoms with Gasteiger partial charge in [0.2, 0.25) is 0 Å². The minimum absolute atomic E-state index is 0.407. The van der Waals surface area contributed by atoms with E-state index in [4.69, 9.17) is 30.5 Å². The van der Waals surface area contributed by atoms with Gasteiger partial charge < -0.3 is 39.4 Å². The van der Waals surface area contributed by atoms with Crippen molar-refractivity contribution in [2.45, 2.75) is 31.2 Å². The van der Waals surface area contributed by atoms with E-state index in [-0.39, 0.29) is 0 Å². The van der Waals surface area contributed by atoms with E-state index in [9.17, 15) is 20.4 Å². The second kappa shape index (κ2) is 10.2. The maximum absolute atomic E-state index is 10.0. The third-order valence-corrected chi connectivity index (χ3v) is 6.13. The van der Waals surface area contributed by atoms with Crippen molar-refractivity contribution in [3.63, 3.8) is 0 Å². The number of ether oxygens (including phenoxy) is 4. The summed E-state index contributed by atoms with van der Waals surface area (Å²) >= 11 is 6.72. The van der Waals surface area contributed by atoms with Gasteiger partial charge in [0.1, 0.15) is 37.3 Å². The van der Waals surface area contributed by atoms with E-state index in [0.29, 0.717) is 60.5 Å². The second-order valence-corrected chi connectivity index (χ2v) is 8.16. The number of hydrogen-bond donors (Lipinski definition) is 4. The predicted octanol–water partition coefficient (Wildman–Crippen LogP) is 1.40. The van der Waals surface area contributed by atoms with Gasteiger partial charge in [-0.05, 0) is 35.7 Å². The molecule has 0 aliphatic carbocycles. The highest BCUT2D eigenvalue weighted by Crippen LogP contribution is 2.42. The Morgan fingerprint density at radius 1 is 0.938 bits per heavy atom. The lowest BCUT2D eigenvalue weighted by Crippen LogP contribution is -2.36. The average molecular weight is 467 g/mol. The summed E-state index contributed by atoms with van der Waals surface area (Å²) in [6.07, 6.45) is -2.09. The standard InChI is InChI=1S/C23H27ClO8/c24-22-14(7-13-1-2-18-19(8-13)30-6-5-29-18)9-16(23-15(22)3-4-31-23)20(11-26)32-21(12-27)17(28)10-25/h1-2,8-9,17,20-21,25-28H,3-7,10-12H2. The number of rotatable bonds is 9. The van der Waals surface area contributed by atoms with Gasteiger partial charge in [0.05, 0.1) is 31.5 Å². The zero-order valence-electron chi connectivity index (χ0n) is 17.5. The third kappa shape index (κ3) is 4.66. The van der Waals surface area contributed by atoms with Crippen molar-refractivity contribution >= 4 is 11.6 Å². The first-order chi connectivity index (χ1) is 15.5. The Kier molecular flexibility index (Phi) is 7.40. The third-order valence-electron chi connectivity index (χ3n) is 5.66. The van der Waals surface area contributed by atoms with Gasteiger partial charge in [0.25, 0.3) is 0 Å². The molecule has 0 fully saturated rings. The summed E-state index contributed by atoms with van der Waals surface area (Å²) in [6.45, 7) is -0.0215. The van der Waals surface area contributed by atoms with Crippen molar-refractivity contribution in [1.29, 1.82) is 0 Å². The molecule has 2 aromatic rings. The van der Waals surface area contributed by atoms with Crippen LogP contribution in [0.1, 0.15) is 28.4 Å². The summed E-state index contributed by atoms with van der Waals surface area (Å²) < 4.78 is 22.8. The topological polar surface area (TPSA) is 118 Å². The van der Waals surface area contributed by atoms with Crippen molar-refractivity contribution in [3.05, 3.63) is 51.5 Å². The van der Waals surface area contributed by atoms with Crippen LogP contribution in [-0.2, 0) is 17.6 Å². The molecule has 0 amide bonds. The number of fused-ring (bicyclic) bond motifs is 2. The molecule has 2 heterocycles. The Morgan fingerprint density at radius 3 is 2.44 bits per heavy atom. The number of aliphatic hydroxyl groups is 4. The number of aliphatic hydroxyl groups excluding tert-OH is 4. The Balaban J connectivity index is 1.66. The molecule has 0 bridgehead atoms. The molecule has 174 valence electrons. The fraction of sp³-hybridized carbons (Fsp3) is 0.478. The molecule has 32 heavy (non-hydrogen) atoms. The van der Waals surface area contributed by atoms with Crippen molar-refractivity contribution in [2.75, 3.05) is 39.6 Å². The first kappa shape index (κ1) is 23.1. The van der Waals surface area contributed by atoms with Crippen LogP contribution in [0.25, 0.3) is 0 Å². The van der Waals surface area contributed by atoms with Crippen LogP contribution < -0.4 is 14.2 Å². The Hall–Kier alpha value is -2.07. The van der Waals surface area contributed by atoms with E-state index in [1.807, 2.05) is 24.3 Å². The molecule has 2 aliphatic rings. The zero-order chi connectivity index (χ0) is 22.7. The normalized spacial score (nSPS) is 17.4. The molecule has 4 rings (SSSR count). The molecule has 0 saturated carbocycles. The van der Waals surface area contributed by atoms with Crippen LogP contribution in [0.15, 0.2) is 24.3 Å². The van der Waals surface area contributed by atoms with Gasteiger partial charge in [-0.15, -0.1) is 0 Å². The smallest absolute Gasteiger partial charge is 0.161 e. The maximum atomic E-state index is 10.0. The Labute approximate surface area is 190 Å². The van der Waals surface area contributed by atoms with Crippen LogP contribution in [-0.4, -0.2) is 72.3 Å². The first-order valence-electron chi connectivity index (χ1n) is 10.6. The molecule has 0 spiro atoms. The van der Waals surface area contributed by atoms with Crippen LogP contribution in [0.4, 0.5) is 0 Å². The van der Waals surface area contributed by atoms with E-state index in [1.165, 1.54) is 0 Å². The van der Waals surface area contributed by atoms with Crippen LogP contribution in [0.3, 0.4) is 0 Å². The van der Waals surface area contributed by atoms with Crippen molar-refractivity contribution in [3.8, 4) is 17.2 Å². The fourth-order valence-electron chi connectivity index (χ4n) is 4.02. The van der Waals surface area contributed by atoms with E-state index >= 15 is 0 Å². The maximum Gasteiger partial charge on any atom is 0.161 e. The van der Waals surface area contributed by atoms with E-state index in [2.05, 4.69) is 0 Å². The van der Waals surface area contributed by atoms with Crippen molar-refractivity contribution in [1.82, 2.24) is 0 Å². The number of halogens is 1. The summed E-state index contributed by atoms with van der Waals surface area (Å²) in [7, 11) is 0. The lowest BCUT2D eigenvalue weighted by atomic mass is 9.95. The predicted molar refractivity (Wildman–Crippen MR) is 116 cm³/mol. The van der Waals surface area contributed by atoms with Gasteiger partial charge in [-0.25, -0.2) is 0 Å². The van der Waals surface area contributed by atoms with Crippen molar-refractivity contribution in [2.24, 2.45) is 0 Å². The summed E-state index contributed by atoms with van der Waals surface area (Å²) in [6, 6.07) is 7.57. The van der Waals surface area contributed by atoms with E-state index in [1.54, 1.807) is 0 Å². The largest absolute Gasteiger partial charge is 0.493 e. The number of benzene rings is 2. The van der Waals surface area contributed by atoms with Crippen LogP contribution >= 0.6 is 11.6 Å². The minimum atomic E-state index is -1.28. The molecule has 0 radical (unpaired) electrons. The highest BCUT2D eigenvalue weighted by Gasteiger charge is 2.30. The minimum Gasteiger partial charge on any atom is -0.493 e. The molecule has 3 atom stereocenters. The van der Waals surface area contributed by atoms with Crippen LogP contribution in [0.2, 0.25) is 5.02 Å². The van der Waals surface area contributed by atoms with Crippen LogP contribution in [0.5, 0.6) is 17.2 Å². The first-order valence-corrected chi connectivity index (χ1v) is 10.9. The molecule has 8 nitrogen and oxygen atoms in total. The molecule has 0 saturated heterocycles. The number of hydrogen-bond acceptors (Lipinski definition) is 8. The molecule has 3 unspecified atom stereocenters. The lowest BCUT2D eigenvalue weighted by Gasteiger charge is -2.27. The molecule has 2 aromatic carbocycles. The zero-order valence-corrected chi connectivity index (χ0v) is 18.3. The molecule has 0 aromatic heterocycles.